The number of likely N-dealkylation sites (tertiary alicyclic amines) is 1. The minimum Gasteiger partial charge on any atom is -0.375 e. The van der Waals surface area contributed by atoms with Gasteiger partial charge in [-0.05, 0) is 30.9 Å². The van der Waals surface area contributed by atoms with E-state index in [1.165, 1.54) is 25.6 Å². The lowest BCUT2D eigenvalue weighted by molar-refractivity contribution is -0.136. The number of methoxy groups -OCH3 is 1. The average Bonchev–Trinajstić information content (AvgIpc) is 3.20. The molecular weight excluding hydrogens is 477 g/mol. The number of piperidine rings is 1. The number of ether oxygens (including phenoxy) is 1. The smallest absolute Gasteiger partial charge is 0.269 e. The molecule has 1 aromatic heterocycles. The zero-order valence-corrected chi connectivity index (χ0v) is 19.7. The summed E-state index contributed by atoms with van der Waals surface area (Å²) < 4.78 is 46.0. The lowest BCUT2D eigenvalue weighted by Crippen LogP contribution is -2.47. The lowest BCUT2D eigenvalue weighted by Gasteiger charge is -2.32. The maximum Gasteiger partial charge on any atom is 0.269 e. The van der Waals surface area contributed by atoms with Gasteiger partial charge >= 0.3 is 0 Å². The molecule has 2 aromatic rings. The van der Waals surface area contributed by atoms with E-state index in [9.17, 15) is 22.4 Å². The SMILES string of the molecule is COCC(=O)N1CCCC(CS(=O)(=O)NNC(=O)c2cc(-c3cn(C)cn3)cc(Cl)c2F)C1. The van der Waals surface area contributed by atoms with Crippen molar-refractivity contribution < 1.29 is 27.1 Å². The van der Waals surface area contributed by atoms with Crippen LogP contribution in [0.15, 0.2) is 24.7 Å². The number of nitrogens with zero attached hydrogens (tertiary/aromatic N) is 3. The van der Waals surface area contributed by atoms with Crippen molar-refractivity contribution in [3.63, 3.8) is 0 Å². The molecule has 0 aliphatic carbocycles. The molecular formula is C20H25ClFN5O5S. The Hall–Kier alpha value is -2.54. The molecule has 1 aliphatic rings. The molecule has 10 nitrogen and oxygen atoms in total. The Balaban J connectivity index is 1.65. The monoisotopic (exact) mass is 501 g/mol. The molecule has 13 heteroatoms. The second-order valence-corrected chi connectivity index (χ2v) is 10.0. The van der Waals surface area contributed by atoms with E-state index in [0.29, 0.717) is 30.6 Å². The van der Waals surface area contributed by atoms with Crippen LogP contribution in [0.3, 0.4) is 0 Å². The highest BCUT2D eigenvalue weighted by atomic mass is 35.5. The van der Waals surface area contributed by atoms with E-state index in [-0.39, 0.29) is 35.8 Å². The largest absolute Gasteiger partial charge is 0.375 e. The Bertz CT molecular complexity index is 1140. The maximum absolute atomic E-state index is 14.5. The van der Waals surface area contributed by atoms with Gasteiger partial charge in [0, 0.05) is 39.0 Å². The number of carbonyl (C=O) groups is 2. The first-order valence-corrected chi connectivity index (χ1v) is 12.2. The molecule has 2 heterocycles. The number of aromatic nitrogens is 2. The van der Waals surface area contributed by atoms with Gasteiger partial charge in [-0.15, -0.1) is 4.83 Å². The van der Waals surface area contributed by atoms with Crippen LogP contribution in [-0.2, 0) is 26.6 Å². The number of amides is 2. The predicted octanol–water partition coefficient (Wildman–Crippen LogP) is 1.33. The van der Waals surface area contributed by atoms with Crippen molar-refractivity contribution in [3.05, 3.63) is 41.1 Å². The zero-order valence-electron chi connectivity index (χ0n) is 18.2. The number of imidazole rings is 1. The number of rotatable bonds is 8. The first-order valence-electron chi connectivity index (χ1n) is 10.1. The molecule has 2 amide bonds. The van der Waals surface area contributed by atoms with Crippen LogP contribution in [0.1, 0.15) is 23.2 Å². The second kappa shape index (κ2) is 10.6. The summed E-state index contributed by atoms with van der Waals surface area (Å²) in [4.78, 5) is 32.2. The average molecular weight is 502 g/mol. The molecule has 1 aromatic carbocycles. The quantitative estimate of drug-likeness (QED) is 0.526. The van der Waals surface area contributed by atoms with Crippen LogP contribution in [0.2, 0.25) is 5.02 Å². The van der Waals surface area contributed by atoms with Gasteiger partial charge in [0.25, 0.3) is 5.91 Å². The van der Waals surface area contributed by atoms with Crippen LogP contribution >= 0.6 is 11.6 Å². The molecule has 180 valence electrons. The van der Waals surface area contributed by atoms with Gasteiger partial charge in [-0.1, -0.05) is 11.6 Å². The van der Waals surface area contributed by atoms with Gasteiger partial charge in [0.15, 0.2) is 5.82 Å². The Kier molecular flexibility index (Phi) is 8.05. The van der Waals surface area contributed by atoms with Gasteiger partial charge in [-0.25, -0.2) is 17.8 Å². The van der Waals surface area contributed by atoms with Gasteiger partial charge in [0.05, 0.1) is 28.4 Å². The minimum atomic E-state index is -3.95. The van der Waals surface area contributed by atoms with Crippen LogP contribution < -0.4 is 10.3 Å². The number of benzene rings is 1. The number of hydrogen-bond acceptors (Lipinski definition) is 6. The molecule has 1 aliphatic heterocycles. The first kappa shape index (κ1) is 25.1. The van der Waals surface area contributed by atoms with Crippen LogP contribution in [0, 0.1) is 11.7 Å². The van der Waals surface area contributed by atoms with E-state index in [2.05, 4.69) is 4.98 Å². The fourth-order valence-corrected chi connectivity index (χ4v) is 5.09. The summed E-state index contributed by atoms with van der Waals surface area (Å²) in [7, 11) is -0.782. The number of carbonyl (C=O) groups excluding carboxylic acids is 2. The molecule has 1 fully saturated rings. The van der Waals surface area contributed by atoms with E-state index in [0.717, 1.165) is 0 Å². The molecule has 1 atom stereocenters. The Morgan fingerprint density at radius 1 is 1.36 bits per heavy atom. The first-order chi connectivity index (χ1) is 15.6. The summed E-state index contributed by atoms with van der Waals surface area (Å²) in [5.74, 6) is -2.81. The standard InChI is InChI=1S/C20H25ClFN5O5S/c1-26-9-17(23-12-26)14-6-15(19(22)16(21)7-14)20(29)24-25-33(30,31)11-13-4-3-5-27(8-13)18(28)10-32-2/h6-7,9,12-13,25H,3-5,8,10-11H2,1-2H3,(H,24,29). The Morgan fingerprint density at radius 3 is 2.79 bits per heavy atom. The van der Waals surface area contributed by atoms with Crippen LogP contribution in [0.5, 0.6) is 0 Å². The summed E-state index contributed by atoms with van der Waals surface area (Å²) in [5, 5.41) is -0.297. The summed E-state index contributed by atoms with van der Waals surface area (Å²) in [5.41, 5.74) is 2.47. The molecule has 1 saturated heterocycles. The van der Waals surface area contributed by atoms with Crippen molar-refractivity contribution >= 4 is 33.4 Å². The van der Waals surface area contributed by atoms with E-state index in [1.54, 1.807) is 22.7 Å². The normalized spacial score (nSPS) is 16.6. The van der Waals surface area contributed by atoms with Gasteiger partial charge in [-0.3, -0.25) is 15.0 Å². The second-order valence-electron chi connectivity index (χ2n) is 7.86. The molecule has 0 spiro atoms. The van der Waals surface area contributed by atoms with E-state index >= 15 is 0 Å². The van der Waals surface area contributed by atoms with Crippen molar-refractivity contribution in [3.8, 4) is 11.3 Å². The molecule has 1 unspecified atom stereocenters. The summed E-state index contributed by atoms with van der Waals surface area (Å²) >= 11 is 5.93. The number of hydrazine groups is 1. The number of hydrogen-bond donors (Lipinski definition) is 2. The summed E-state index contributed by atoms with van der Waals surface area (Å²) in [6.07, 6.45) is 4.47. The fraction of sp³-hybridized carbons (Fsp3) is 0.450. The maximum atomic E-state index is 14.5. The van der Waals surface area contributed by atoms with Crippen molar-refractivity contribution in [2.75, 3.05) is 32.6 Å². The molecule has 2 N–H and O–H groups in total. The lowest BCUT2D eigenvalue weighted by atomic mass is 10.0. The van der Waals surface area contributed by atoms with Crippen molar-refractivity contribution in [1.29, 1.82) is 0 Å². The topological polar surface area (TPSA) is 123 Å². The third kappa shape index (κ3) is 6.50. The number of halogens is 2. The van der Waals surface area contributed by atoms with Crippen molar-refractivity contribution in [1.82, 2.24) is 24.7 Å². The third-order valence-electron chi connectivity index (χ3n) is 5.19. The van der Waals surface area contributed by atoms with Gasteiger partial charge < -0.3 is 14.2 Å². The Labute approximate surface area is 196 Å². The highest BCUT2D eigenvalue weighted by Crippen LogP contribution is 2.27. The van der Waals surface area contributed by atoms with Crippen LogP contribution in [0.4, 0.5) is 4.39 Å². The summed E-state index contributed by atoms with van der Waals surface area (Å²) in [6, 6.07) is 2.58. The highest BCUT2D eigenvalue weighted by molar-refractivity contribution is 7.89. The van der Waals surface area contributed by atoms with Crippen LogP contribution in [0.25, 0.3) is 11.3 Å². The van der Waals surface area contributed by atoms with Crippen molar-refractivity contribution in [2.24, 2.45) is 13.0 Å². The highest BCUT2D eigenvalue weighted by Gasteiger charge is 2.28. The molecule has 0 saturated carbocycles. The van der Waals surface area contributed by atoms with Gasteiger partial charge in [0.2, 0.25) is 15.9 Å². The number of aryl methyl sites for hydroxylation is 1. The molecule has 0 bridgehead atoms. The van der Waals surface area contributed by atoms with Gasteiger partial charge in [0.1, 0.15) is 6.61 Å². The molecule has 0 radical (unpaired) electrons. The zero-order chi connectivity index (χ0) is 24.2. The van der Waals surface area contributed by atoms with Crippen LogP contribution in [-0.4, -0.2) is 67.2 Å². The van der Waals surface area contributed by atoms with E-state index < -0.39 is 27.3 Å². The van der Waals surface area contributed by atoms with E-state index in [4.69, 9.17) is 16.3 Å². The Morgan fingerprint density at radius 2 is 2.12 bits per heavy atom. The van der Waals surface area contributed by atoms with E-state index in [1.807, 2.05) is 10.3 Å². The molecule has 3 rings (SSSR count). The van der Waals surface area contributed by atoms with Gasteiger partial charge in [-0.2, -0.15) is 0 Å². The minimum absolute atomic E-state index is 0.0700. The number of nitrogens with one attached hydrogen (secondary N) is 2. The number of sulfonamides is 1. The predicted molar refractivity (Wildman–Crippen MR) is 119 cm³/mol. The molecule has 33 heavy (non-hydrogen) atoms. The third-order valence-corrected chi connectivity index (χ3v) is 6.79. The fourth-order valence-electron chi connectivity index (χ4n) is 3.65. The van der Waals surface area contributed by atoms with Crippen molar-refractivity contribution in [2.45, 2.75) is 12.8 Å². The summed E-state index contributed by atoms with van der Waals surface area (Å²) in [6.45, 7) is 0.739.